The third-order valence-electron chi connectivity index (χ3n) is 6.49. The number of carbonyl (C=O) groups excluding carboxylic acids is 1. The number of anilines is 1. The normalized spacial score (nSPS) is 11.7. The zero-order valence-electron chi connectivity index (χ0n) is 21.9. The van der Waals surface area contributed by atoms with Gasteiger partial charge in [0.25, 0.3) is 0 Å². The Morgan fingerprint density at radius 2 is 1.59 bits per heavy atom. The summed E-state index contributed by atoms with van der Waals surface area (Å²) in [5, 5.41) is 9.13. The van der Waals surface area contributed by atoms with E-state index in [1.54, 1.807) is 28.9 Å². The fourth-order valence-electron chi connectivity index (χ4n) is 4.54. The molecule has 0 saturated carbocycles. The standard InChI is InChI=1S/C31H30N4O3S/c1-3-20-34(39(37,38)29-15-9-13-24-10-7-8-14-27(24)29)22-31(36)32-30-21-28(25-11-5-4-6-12-25)33-35(30)26-18-16-23(2)17-19-26/h4-19,21H,3,20,22H2,1-2H3,(H,32,36). The molecule has 0 atom stereocenters. The Kier molecular flexibility index (Phi) is 7.58. The third kappa shape index (κ3) is 5.62. The lowest BCUT2D eigenvalue weighted by Crippen LogP contribution is -2.38. The Morgan fingerprint density at radius 3 is 2.33 bits per heavy atom. The minimum Gasteiger partial charge on any atom is -0.309 e. The lowest BCUT2D eigenvalue weighted by Gasteiger charge is -2.22. The molecule has 39 heavy (non-hydrogen) atoms. The summed E-state index contributed by atoms with van der Waals surface area (Å²) >= 11 is 0. The van der Waals surface area contributed by atoms with Crippen LogP contribution in [-0.4, -0.2) is 41.5 Å². The van der Waals surface area contributed by atoms with Crippen LogP contribution in [0.1, 0.15) is 18.9 Å². The lowest BCUT2D eigenvalue weighted by atomic mass is 10.1. The smallest absolute Gasteiger partial charge is 0.244 e. The molecule has 0 aliphatic heterocycles. The van der Waals surface area contributed by atoms with Gasteiger partial charge in [-0.05, 0) is 36.9 Å². The van der Waals surface area contributed by atoms with Crippen molar-refractivity contribution in [1.29, 1.82) is 0 Å². The second-order valence-electron chi connectivity index (χ2n) is 9.39. The Bertz CT molecular complexity index is 1710. The molecular weight excluding hydrogens is 508 g/mol. The molecule has 1 amide bonds. The van der Waals surface area contributed by atoms with Gasteiger partial charge >= 0.3 is 0 Å². The number of sulfonamides is 1. The highest BCUT2D eigenvalue weighted by atomic mass is 32.2. The van der Waals surface area contributed by atoms with Crippen molar-refractivity contribution in [3.8, 4) is 16.9 Å². The first-order valence-electron chi connectivity index (χ1n) is 12.9. The molecule has 0 unspecified atom stereocenters. The molecule has 8 heteroatoms. The van der Waals surface area contributed by atoms with Gasteiger partial charge in [-0.25, -0.2) is 13.1 Å². The molecule has 0 saturated heterocycles. The van der Waals surface area contributed by atoms with E-state index in [1.807, 2.05) is 92.7 Å². The summed E-state index contributed by atoms with van der Waals surface area (Å²) in [6, 6.07) is 31.9. The number of rotatable bonds is 9. The summed E-state index contributed by atoms with van der Waals surface area (Å²) in [7, 11) is -3.93. The number of carbonyl (C=O) groups is 1. The predicted molar refractivity (Wildman–Crippen MR) is 155 cm³/mol. The van der Waals surface area contributed by atoms with Gasteiger partial charge in [-0.15, -0.1) is 0 Å². The van der Waals surface area contributed by atoms with Crippen LogP contribution in [0.4, 0.5) is 5.82 Å². The van der Waals surface area contributed by atoms with E-state index < -0.39 is 15.9 Å². The summed E-state index contributed by atoms with van der Waals surface area (Å²) in [6.45, 7) is 3.79. The average Bonchev–Trinajstić information content (AvgIpc) is 3.37. The van der Waals surface area contributed by atoms with Gasteiger partial charge in [0.2, 0.25) is 15.9 Å². The van der Waals surface area contributed by atoms with E-state index in [-0.39, 0.29) is 18.0 Å². The Morgan fingerprint density at radius 1 is 0.897 bits per heavy atom. The van der Waals surface area contributed by atoms with E-state index in [1.165, 1.54) is 4.31 Å². The van der Waals surface area contributed by atoms with Crippen molar-refractivity contribution in [2.75, 3.05) is 18.4 Å². The highest BCUT2D eigenvalue weighted by molar-refractivity contribution is 7.89. The molecule has 0 spiro atoms. The van der Waals surface area contributed by atoms with Gasteiger partial charge in [0, 0.05) is 23.6 Å². The van der Waals surface area contributed by atoms with Crippen molar-refractivity contribution in [3.63, 3.8) is 0 Å². The second-order valence-corrected chi connectivity index (χ2v) is 11.3. The van der Waals surface area contributed by atoms with Crippen LogP contribution >= 0.6 is 0 Å². The zero-order chi connectivity index (χ0) is 27.4. The summed E-state index contributed by atoms with van der Waals surface area (Å²) in [5.74, 6) is 0.0156. The molecule has 0 fully saturated rings. The van der Waals surface area contributed by atoms with Crippen LogP contribution in [0, 0.1) is 6.92 Å². The van der Waals surface area contributed by atoms with E-state index in [4.69, 9.17) is 5.10 Å². The first-order chi connectivity index (χ1) is 18.9. The van der Waals surface area contributed by atoms with Crippen LogP contribution in [0.5, 0.6) is 0 Å². The zero-order valence-corrected chi connectivity index (χ0v) is 22.7. The van der Waals surface area contributed by atoms with Crippen molar-refractivity contribution in [2.45, 2.75) is 25.2 Å². The Labute approximate surface area is 228 Å². The van der Waals surface area contributed by atoms with Crippen LogP contribution in [-0.2, 0) is 14.8 Å². The van der Waals surface area contributed by atoms with E-state index >= 15 is 0 Å². The number of aryl methyl sites for hydroxylation is 1. The summed E-state index contributed by atoms with van der Waals surface area (Å²) in [4.78, 5) is 13.6. The summed E-state index contributed by atoms with van der Waals surface area (Å²) in [6.07, 6.45) is 0.566. The highest BCUT2D eigenvalue weighted by Gasteiger charge is 2.28. The molecule has 198 valence electrons. The maximum absolute atomic E-state index is 13.8. The van der Waals surface area contributed by atoms with E-state index in [2.05, 4.69) is 5.32 Å². The molecular formula is C31H30N4O3S. The number of hydrogen-bond acceptors (Lipinski definition) is 4. The third-order valence-corrected chi connectivity index (χ3v) is 8.39. The van der Waals surface area contributed by atoms with Gasteiger partial charge in [-0.2, -0.15) is 9.40 Å². The molecule has 5 rings (SSSR count). The molecule has 4 aromatic carbocycles. The number of benzene rings is 4. The van der Waals surface area contributed by atoms with Gasteiger partial charge in [0.05, 0.1) is 22.8 Å². The van der Waals surface area contributed by atoms with Crippen LogP contribution in [0.15, 0.2) is 108 Å². The molecule has 7 nitrogen and oxygen atoms in total. The topological polar surface area (TPSA) is 84.3 Å². The average molecular weight is 539 g/mol. The molecule has 1 N–H and O–H groups in total. The lowest BCUT2D eigenvalue weighted by molar-refractivity contribution is -0.116. The molecule has 5 aromatic rings. The number of nitrogens with one attached hydrogen (secondary N) is 1. The van der Waals surface area contributed by atoms with E-state index in [9.17, 15) is 13.2 Å². The van der Waals surface area contributed by atoms with Gasteiger partial charge in [-0.3, -0.25) is 4.79 Å². The fourth-order valence-corrected chi connectivity index (χ4v) is 6.24. The number of amides is 1. The van der Waals surface area contributed by atoms with Crippen LogP contribution in [0.2, 0.25) is 0 Å². The second kappa shape index (κ2) is 11.2. The van der Waals surface area contributed by atoms with E-state index in [0.29, 0.717) is 23.3 Å². The predicted octanol–water partition coefficient (Wildman–Crippen LogP) is 6.04. The Hall–Kier alpha value is -4.27. The maximum Gasteiger partial charge on any atom is 0.244 e. The number of aromatic nitrogens is 2. The maximum atomic E-state index is 13.8. The molecule has 0 aliphatic rings. The first-order valence-corrected chi connectivity index (χ1v) is 14.3. The molecule has 0 aliphatic carbocycles. The largest absolute Gasteiger partial charge is 0.309 e. The minimum absolute atomic E-state index is 0.193. The Balaban J connectivity index is 1.46. The summed E-state index contributed by atoms with van der Waals surface area (Å²) < 4.78 is 30.4. The molecule has 1 aromatic heterocycles. The highest BCUT2D eigenvalue weighted by Crippen LogP contribution is 2.27. The number of hydrogen-bond donors (Lipinski definition) is 1. The number of nitrogens with zero attached hydrogens (tertiary/aromatic N) is 3. The van der Waals surface area contributed by atoms with Crippen LogP contribution < -0.4 is 5.32 Å². The van der Waals surface area contributed by atoms with Crippen molar-refractivity contribution in [1.82, 2.24) is 14.1 Å². The first kappa shape index (κ1) is 26.3. The van der Waals surface area contributed by atoms with Gasteiger partial charge < -0.3 is 5.32 Å². The summed E-state index contributed by atoms with van der Waals surface area (Å²) in [5.41, 5.74) is 3.49. The molecule has 0 bridgehead atoms. The van der Waals surface area contributed by atoms with E-state index in [0.717, 1.165) is 22.2 Å². The monoisotopic (exact) mass is 538 g/mol. The quantitative estimate of drug-likeness (QED) is 0.248. The number of fused-ring (bicyclic) bond motifs is 1. The van der Waals surface area contributed by atoms with Gasteiger partial charge in [0.15, 0.2) is 0 Å². The fraction of sp³-hybridized carbons (Fsp3) is 0.161. The minimum atomic E-state index is -3.93. The van der Waals surface area contributed by atoms with Gasteiger partial charge in [-0.1, -0.05) is 91.3 Å². The van der Waals surface area contributed by atoms with Crippen molar-refractivity contribution < 1.29 is 13.2 Å². The SMILES string of the molecule is CCCN(CC(=O)Nc1cc(-c2ccccc2)nn1-c1ccc(C)cc1)S(=O)(=O)c1cccc2ccccc12. The van der Waals surface area contributed by atoms with Crippen molar-refractivity contribution in [3.05, 3.63) is 109 Å². The molecule has 1 heterocycles. The van der Waals surface area contributed by atoms with Crippen molar-refractivity contribution in [2.24, 2.45) is 0 Å². The van der Waals surface area contributed by atoms with Crippen LogP contribution in [0.3, 0.4) is 0 Å². The van der Waals surface area contributed by atoms with Crippen molar-refractivity contribution >= 4 is 32.5 Å². The molecule has 0 radical (unpaired) electrons. The van der Waals surface area contributed by atoms with Crippen LogP contribution in [0.25, 0.3) is 27.7 Å². The van der Waals surface area contributed by atoms with Gasteiger partial charge in [0.1, 0.15) is 5.82 Å².